The summed E-state index contributed by atoms with van der Waals surface area (Å²) in [5.41, 5.74) is 18.1. The molecule has 6 unspecified atom stereocenters. The molecule has 61 heavy (non-hydrogen) atoms. The molecule has 5 fully saturated rings. The Morgan fingerprint density at radius 2 is 1.51 bits per heavy atom. The van der Waals surface area contributed by atoms with Gasteiger partial charge in [-0.05, 0) is 187 Å². The number of aromatic nitrogens is 1. The lowest BCUT2D eigenvalue weighted by atomic mass is 9.45. The first-order valence-electron chi connectivity index (χ1n) is 23.9. The van der Waals surface area contributed by atoms with Crippen LogP contribution in [0.4, 0.5) is 17.1 Å². The number of anilines is 3. The lowest BCUT2D eigenvalue weighted by molar-refractivity contribution is 0.139. The van der Waals surface area contributed by atoms with Gasteiger partial charge >= 0.3 is 6.85 Å². The molecule has 298 valence electrons. The van der Waals surface area contributed by atoms with Crippen molar-refractivity contribution in [1.82, 2.24) is 4.48 Å². The van der Waals surface area contributed by atoms with E-state index in [1.165, 1.54) is 159 Å². The normalized spacial score (nSPS) is 29.6. The number of fused-ring (bicyclic) bond motifs is 17. The first-order chi connectivity index (χ1) is 30.0. The van der Waals surface area contributed by atoms with Crippen LogP contribution in [0.25, 0.3) is 54.9 Å². The van der Waals surface area contributed by atoms with Crippen molar-refractivity contribution < 1.29 is 4.42 Å². The molecule has 5 heteroatoms. The van der Waals surface area contributed by atoms with Crippen LogP contribution in [0.2, 0.25) is 0 Å². The standard InChI is InChI=1S/C56H49BN2OS/c1-2-55(27-31-14-15-32(20-31)28-55)36-16-17-45-39(23-36)41-24-37(56-19-18-34-21-33(29-56)22-35(34)30-56)25-42-40-26-43-38-8-3-5-11-47(38)60-54(43)53-50(40)57(59(45)51(41)42)44-9-7-13-49-52(44)58(53)46-10-4-6-12-48(46)61-49/h3-13,16-17,23-26,31-35H,2,14-15,18-22,27-30H2,1H3. The molecule has 0 amide bonds. The summed E-state index contributed by atoms with van der Waals surface area (Å²) in [6.07, 6.45) is 16.8. The van der Waals surface area contributed by atoms with Crippen LogP contribution in [0.1, 0.15) is 95.1 Å². The fourth-order valence-electron chi connectivity index (χ4n) is 16.3. The van der Waals surface area contributed by atoms with Gasteiger partial charge in [-0.25, -0.2) is 0 Å². The molecule has 6 atom stereocenters. The van der Waals surface area contributed by atoms with Gasteiger partial charge in [-0.3, -0.25) is 0 Å². The van der Waals surface area contributed by atoms with E-state index in [1.54, 1.807) is 11.1 Å². The van der Waals surface area contributed by atoms with E-state index >= 15 is 0 Å². The third kappa shape index (κ3) is 4.13. The molecule has 0 N–H and O–H groups in total. The van der Waals surface area contributed by atoms with Gasteiger partial charge in [0.1, 0.15) is 5.58 Å². The summed E-state index contributed by atoms with van der Waals surface area (Å²) in [5.74, 6) is 4.56. The summed E-state index contributed by atoms with van der Waals surface area (Å²) in [6.45, 7) is 2.52. The molecule has 8 aromatic rings. The lowest BCUT2D eigenvalue weighted by Crippen LogP contribution is -2.57. The molecule has 3 nitrogen and oxygen atoms in total. The molecule has 5 bridgehead atoms. The summed E-state index contributed by atoms with van der Waals surface area (Å²) in [7, 11) is 0. The fourth-order valence-corrected chi connectivity index (χ4v) is 17.4. The first kappa shape index (κ1) is 33.7. The SMILES string of the molecule is CCC1(c2ccc3c(c2)c2cc(C45CCC6CC(CC6C4)C5)cc4c2n3B2c3cccc5c3N(c3ccccc3S5)c3c2c-4cc2c3oc3ccccc32)CC2CCC(C2)C1. The van der Waals surface area contributed by atoms with Crippen molar-refractivity contribution in [2.45, 2.75) is 105 Å². The molecule has 16 rings (SSSR count). The quantitative estimate of drug-likeness (QED) is 0.166. The second-order valence-electron chi connectivity index (χ2n) is 21.4. The molecule has 0 radical (unpaired) electrons. The van der Waals surface area contributed by atoms with Crippen molar-refractivity contribution in [3.63, 3.8) is 0 Å². The van der Waals surface area contributed by atoms with Crippen molar-refractivity contribution in [2.75, 3.05) is 4.90 Å². The predicted molar refractivity (Wildman–Crippen MR) is 253 cm³/mol. The van der Waals surface area contributed by atoms with Crippen molar-refractivity contribution in [3.8, 4) is 11.1 Å². The molecule has 0 saturated heterocycles. The summed E-state index contributed by atoms with van der Waals surface area (Å²) < 4.78 is 9.97. The maximum Gasteiger partial charge on any atom is 0.333 e. The highest BCUT2D eigenvalue weighted by Gasteiger charge is 2.54. The maximum absolute atomic E-state index is 7.14. The van der Waals surface area contributed by atoms with E-state index in [1.807, 2.05) is 11.8 Å². The van der Waals surface area contributed by atoms with E-state index in [-0.39, 0.29) is 17.7 Å². The maximum atomic E-state index is 7.14. The third-order valence-corrected chi connectivity index (χ3v) is 19.8. The zero-order chi connectivity index (χ0) is 39.5. The minimum absolute atomic E-state index is 0.0219. The number of hydrogen-bond donors (Lipinski definition) is 0. The molecule has 3 aliphatic heterocycles. The minimum atomic E-state index is 0.0219. The van der Waals surface area contributed by atoms with Gasteiger partial charge in [0, 0.05) is 47.9 Å². The molecule has 5 aliphatic carbocycles. The Labute approximate surface area is 362 Å². The summed E-state index contributed by atoms with van der Waals surface area (Å²) >= 11 is 1.93. The van der Waals surface area contributed by atoms with Crippen LogP contribution in [-0.2, 0) is 10.8 Å². The fraction of sp³-hybridized carbons (Fsp3) is 0.357. The van der Waals surface area contributed by atoms with Gasteiger partial charge in [-0.1, -0.05) is 80.1 Å². The van der Waals surface area contributed by atoms with Crippen LogP contribution in [0, 0.1) is 29.6 Å². The van der Waals surface area contributed by atoms with Gasteiger partial charge in [0.05, 0.1) is 17.1 Å². The molecular weight excluding hydrogens is 760 g/mol. The average molecular weight is 809 g/mol. The Bertz CT molecular complexity index is 3290. The van der Waals surface area contributed by atoms with Crippen molar-refractivity contribution in [2.24, 2.45) is 29.6 Å². The van der Waals surface area contributed by atoms with Crippen LogP contribution in [0.5, 0.6) is 0 Å². The Hall–Kier alpha value is -4.87. The number of rotatable bonds is 3. The number of hydrogen-bond acceptors (Lipinski definition) is 3. The largest absolute Gasteiger partial charge is 0.454 e. The molecule has 0 spiro atoms. The Kier molecular flexibility index (Phi) is 6.29. The van der Waals surface area contributed by atoms with E-state index in [0.29, 0.717) is 0 Å². The average Bonchev–Trinajstić information content (AvgIpc) is 4.01. The van der Waals surface area contributed by atoms with Crippen LogP contribution in [0.3, 0.4) is 0 Å². The van der Waals surface area contributed by atoms with Gasteiger partial charge in [0.25, 0.3) is 0 Å². The van der Waals surface area contributed by atoms with Crippen LogP contribution in [0.15, 0.2) is 117 Å². The Morgan fingerprint density at radius 3 is 2.43 bits per heavy atom. The monoisotopic (exact) mass is 808 g/mol. The minimum Gasteiger partial charge on any atom is -0.454 e. The number of para-hydroxylation sites is 3. The molecular formula is C56H49BN2OS. The van der Waals surface area contributed by atoms with Crippen molar-refractivity contribution >= 4 is 90.3 Å². The Morgan fingerprint density at radius 1 is 0.672 bits per heavy atom. The summed E-state index contributed by atoms with van der Waals surface area (Å²) in [6, 6.07) is 41.0. The summed E-state index contributed by atoms with van der Waals surface area (Å²) in [5, 5.41) is 5.43. The van der Waals surface area contributed by atoms with Crippen LogP contribution in [-0.4, -0.2) is 11.3 Å². The van der Waals surface area contributed by atoms with Crippen LogP contribution < -0.4 is 15.8 Å². The molecule has 5 heterocycles. The van der Waals surface area contributed by atoms with E-state index < -0.39 is 0 Å². The van der Waals surface area contributed by atoms with E-state index in [2.05, 4.69) is 119 Å². The Balaban J connectivity index is 1.06. The zero-order valence-corrected chi connectivity index (χ0v) is 35.8. The smallest absolute Gasteiger partial charge is 0.333 e. The van der Waals surface area contributed by atoms with Gasteiger partial charge in [-0.15, -0.1) is 0 Å². The van der Waals surface area contributed by atoms with Gasteiger partial charge < -0.3 is 13.8 Å². The van der Waals surface area contributed by atoms with Crippen molar-refractivity contribution in [3.05, 3.63) is 114 Å². The summed E-state index contributed by atoms with van der Waals surface area (Å²) in [4.78, 5) is 5.24. The second-order valence-corrected chi connectivity index (χ2v) is 22.4. The first-order valence-corrected chi connectivity index (χ1v) is 24.7. The highest BCUT2D eigenvalue weighted by molar-refractivity contribution is 7.99. The number of nitrogens with zero attached hydrogens (tertiary/aromatic N) is 2. The molecule has 2 aromatic heterocycles. The predicted octanol–water partition coefficient (Wildman–Crippen LogP) is 13.9. The van der Waals surface area contributed by atoms with Gasteiger partial charge in [-0.2, -0.15) is 0 Å². The molecule has 6 aromatic carbocycles. The van der Waals surface area contributed by atoms with Gasteiger partial charge in [0.15, 0.2) is 5.58 Å². The third-order valence-electron chi connectivity index (χ3n) is 18.7. The highest BCUT2D eigenvalue weighted by Crippen LogP contribution is 2.63. The second kappa shape index (κ2) is 11.4. The highest BCUT2D eigenvalue weighted by atomic mass is 32.2. The lowest BCUT2D eigenvalue weighted by Gasteiger charge is -2.46. The van der Waals surface area contributed by atoms with Crippen LogP contribution >= 0.6 is 11.8 Å². The molecule has 8 aliphatic rings. The van der Waals surface area contributed by atoms with Crippen molar-refractivity contribution in [1.29, 1.82) is 0 Å². The molecule has 5 saturated carbocycles. The van der Waals surface area contributed by atoms with E-state index in [9.17, 15) is 0 Å². The number of benzene rings is 6. The number of furan rings is 1. The topological polar surface area (TPSA) is 21.3 Å². The van der Waals surface area contributed by atoms with E-state index in [0.717, 1.165) is 40.8 Å². The zero-order valence-electron chi connectivity index (χ0n) is 35.0. The van der Waals surface area contributed by atoms with Gasteiger partial charge in [0.2, 0.25) is 0 Å². The van der Waals surface area contributed by atoms with E-state index in [4.69, 9.17) is 4.42 Å².